The summed E-state index contributed by atoms with van der Waals surface area (Å²) in [5.74, 6) is 0.0241. The van der Waals surface area contributed by atoms with Gasteiger partial charge >= 0.3 is 0 Å². The van der Waals surface area contributed by atoms with Crippen LogP contribution in [-0.4, -0.2) is 41.5 Å². The largest absolute Gasteiger partial charge is 0.361 e. The molecule has 1 amide bonds. The Morgan fingerprint density at radius 1 is 1.45 bits per heavy atom. The highest BCUT2D eigenvalue weighted by atomic mass is 16.1. The topological polar surface area (TPSA) is 48.1 Å². The molecule has 1 aliphatic heterocycles. The number of hydrogen-bond donors (Lipinski definition) is 2. The van der Waals surface area contributed by atoms with Crippen LogP contribution in [0.4, 0.5) is 0 Å². The molecule has 2 N–H and O–H groups in total. The van der Waals surface area contributed by atoms with Crippen LogP contribution in [-0.2, 0) is 0 Å². The Kier molecular flexibility index (Phi) is 3.74. The first-order chi connectivity index (χ1) is 9.78. The Labute approximate surface area is 119 Å². The number of likely N-dealkylation sites (N-methyl/N-ethyl adjacent to an activating group) is 1. The van der Waals surface area contributed by atoms with Crippen LogP contribution in [0.15, 0.2) is 30.5 Å². The van der Waals surface area contributed by atoms with Crippen LogP contribution in [0.25, 0.3) is 10.9 Å². The van der Waals surface area contributed by atoms with Gasteiger partial charge in [-0.15, -0.1) is 0 Å². The number of benzene rings is 1. The van der Waals surface area contributed by atoms with Gasteiger partial charge in [0.1, 0.15) is 0 Å². The predicted molar refractivity (Wildman–Crippen MR) is 80.9 cm³/mol. The Morgan fingerprint density at radius 2 is 2.35 bits per heavy atom. The molecule has 106 valence electrons. The third-order valence-corrected chi connectivity index (χ3v) is 4.22. The van der Waals surface area contributed by atoms with Crippen LogP contribution in [0, 0.1) is 0 Å². The van der Waals surface area contributed by atoms with Crippen molar-refractivity contribution < 1.29 is 4.79 Å². The van der Waals surface area contributed by atoms with Crippen LogP contribution in [0.3, 0.4) is 0 Å². The van der Waals surface area contributed by atoms with Gasteiger partial charge in [-0.3, -0.25) is 9.69 Å². The van der Waals surface area contributed by atoms with Crippen molar-refractivity contribution in [1.82, 2.24) is 15.2 Å². The van der Waals surface area contributed by atoms with E-state index in [1.165, 1.54) is 12.8 Å². The summed E-state index contributed by atoms with van der Waals surface area (Å²) in [7, 11) is 0. The molecule has 1 atom stereocenters. The molecule has 0 unspecified atom stereocenters. The summed E-state index contributed by atoms with van der Waals surface area (Å²) >= 11 is 0. The van der Waals surface area contributed by atoms with Crippen LogP contribution in [0.5, 0.6) is 0 Å². The number of amides is 1. The number of likely N-dealkylation sites (tertiary alicyclic amines) is 1. The number of aromatic nitrogens is 1. The summed E-state index contributed by atoms with van der Waals surface area (Å²) in [6.45, 7) is 5.15. The Hall–Kier alpha value is -1.81. The lowest BCUT2D eigenvalue weighted by atomic mass is 10.1. The lowest BCUT2D eigenvalue weighted by Gasteiger charge is -2.22. The van der Waals surface area contributed by atoms with E-state index in [1.54, 1.807) is 0 Å². The molecule has 0 radical (unpaired) electrons. The van der Waals surface area contributed by atoms with Gasteiger partial charge in [0.25, 0.3) is 5.91 Å². The molecule has 3 rings (SSSR count). The predicted octanol–water partition coefficient (Wildman–Crippen LogP) is 2.38. The average molecular weight is 271 g/mol. The maximum atomic E-state index is 12.2. The van der Waals surface area contributed by atoms with E-state index in [4.69, 9.17) is 0 Å². The zero-order valence-corrected chi connectivity index (χ0v) is 11.9. The Bertz CT molecular complexity index is 605. The minimum Gasteiger partial charge on any atom is -0.361 e. The van der Waals surface area contributed by atoms with Crippen molar-refractivity contribution >= 4 is 16.8 Å². The molecule has 2 heterocycles. The van der Waals surface area contributed by atoms with Crippen molar-refractivity contribution in [2.24, 2.45) is 0 Å². The number of H-pyrrole nitrogens is 1. The number of nitrogens with zero attached hydrogens (tertiary/aromatic N) is 1. The van der Waals surface area contributed by atoms with Crippen molar-refractivity contribution in [1.29, 1.82) is 0 Å². The quantitative estimate of drug-likeness (QED) is 0.897. The molecule has 0 aliphatic carbocycles. The third kappa shape index (κ3) is 2.56. The molecule has 2 aromatic rings. The molecule has 0 saturated carbocycles. The van der Waals surface area contributed by atoms with Gasteiger partial charge in [-0.05, 0) is 50.2 Å². The van der Waals surface area contributed by atoms with Gasteiger partial charge in [-0.1, -0.05) is 6.92 Å². The summed E-state index contributed by atoms with van der Waals surface area (Å²) in [5.41, 5.74) is 1.80. The van der Waals surface area contributed by atoms with Gasteiger partial charge in [0.2, 0.25) is 0 Å². The molecular weight excluding hydrogens is 250 g/mol. The lowest BCUT2D eigenvalue weighted by molar-refractivity contribution is 0.0941. The lowest BCUT2D eigenvalue weighted by Crippen LogP contribution is -2.40. The van der Waals surface area contributed by atoms with Gasteiger partial charge in [-0.25, -0.2) is 0 Å². The zero-order chi connectivity index (χ0) is 13.9. The molecule has 1 aromatic heterocycles. The molecule has 0 spiro atoms. The second kappa shape index (κ2) is 5.67. The molecule has 1 fully saturated rings. The van der Waals surface area contributed by atoms with Crippen LogP contribution in [0.1, 0.15) is 30.1 Å². The van der Waals surface area contributed by atoms with E-state index in [1.807, 2.05) is 30.5 Å². The fraction of sp³-hybridized carbons (Fsp3) is 0.438. The van der Waals surface area contributed by atoms with Crippen molar-refractivity contribution in [3.63, 3.8) is 0 Å². The molecule has 1 saturated heterocycles. The molecule has 4 heteroatoms. The van der Waals surface area contributed by atoms with Gasteiger partial charge in [-0.2, -0.15) is 0 Å². The number of fused-ring (bicyclic) bond motifs is 1. The summed E-state index contributed by atoms with van der Waals surface area (Å²) < 4.78 is 0. The average Bonchev–Trinajstić information content (AvgIpc) is 3.12. The number of nitrogens with one attached hydrogen (secondary N) is 2. The number of carbonyl (C=O) groups excluding carboxylic acids is 1. The minimum absolute atomic E-state index is 0.0241. The van der Waals surface area contributed by atoms with E-state index < -0.39 is 0 Å². The Balaban J connectivity index is 1.63. The standard InChI is InChI=1S/C16H21N3O/c1-2-19-9-3-4-14(19)11-18-16(20)13-5-6-15-12(10-13)7-8-17-15/h5-8,10,14,17H,2-4,9,11H2,1H3,(H,18,20)/t14-/m1/s1. The maximum Gasteiger partial charge on any atom is 0.251 e. The monoisotopic (exact) mass is 271 g/mol. The van der Waals surface area contributed by atoms with Crippen LogP contribution < -0.4 is 5.32 Å². The number of carbonyl (C=O) groups is 1. The highest BCUT2D eigenvalue weighted by molar-refractivity contribution is 5.98. The van der Waals surface area contributed by atoms with Crippen molar-refractivity contribution in [3.05, 3.63) is 36.0 Å². The van der Waals surface area contributed by atoms with Crippen molar-refractivity contribution in [2.45, 2.75) is 25.8 Å². The van der Waals surface area contributed by atoms with Gasteiger partial charge < -0.3 is 10.3 Å². The van der Waals surface area contributed by atoms with Crippen LogP contribution >= 0.6 is 0 Å². The summed E-state index contributed by atoms with van der Waals surface area (Å²) in [6.07, 6.45) is 4.32. The summed E-state index contributed by atoms with van der Waals surface area (Å²) in [5, 5.41) is 4.15. The van der Waals surface area contributed by atoms with E-state index >= 15 is 0 Å². The summed E-state index contributed by atoms with van der Waals surface area (Å²) in [4.78, 5) is 17.8. The van der Waals surface area contributed by atoms with Gasteiger partial charge in [0.05, 0.1) is 0 Å². The molecule has 0 bridgehead atoms. The molecular formula is C16H21N3O. The van der Waals surface area contributed by atoms with Crippen LogP contribution in [0.2, 0.25) is 0 Å². The minimum atomic E-state index is 0.0241. The molecule has 1 aromatic carbocycles. The Morgan fingerprint density at radius 3 is 3.20 bits per heavy atom. The number of aromatic amines is 1. The fourth-order valence-corrected chi connectivity index (χ4v) is 3.05. The number of hydrogen-bond acceptors (Lipinski definition) is 2. The zero-order valence-electron chi connectivity index (χ0n) is 11.9. The van der Waals surface area contributed by atoms with Crippen molar-refractivity contribution in [3.8, 4) is 0 Å². The normalized spacial score (nSPS) is 19.6. The van der Waals surface area contributed by atoms with Gasteiger partial charge in [0, 0.05) is 35.2 Å². The van der Waals surface area contributed by atoms with Gasteiger partial charge in [0.15, 0.2) is 0 Å². The first-order valence-corrected chi connectivity index (χ1v) is 7.37. The molecule has 20 heavy (non-hydrogen) atoms. The van der Waals surface area contributed by atoms with E-state index in [0.717, 1.165) is 36.1 Å². The molecule has 4 nitrogen and oxygen atoms in total. The molecule has 1 aliphatic rings. The maximum absolute atomic E-state index is 12.2. The summed E-state index contributed by atoms with van der Waals surface area (Å²) in [6, 6.07) is 8.26. The third-order valence-electron chi connectivity index (χ3n) is 4.22. The van der Waals surface area contributed by atoms with E-state index in [9.17, 15) is 4.79 Å². The SMILES string of the molecule is CCN1CCC[C@@H]1CNC(=O)c1ccc2[nH]ccc2c1. The second-order valence-corrected chi connectivity index (χ2v) is 5.41. The highest BCUT2D eigenvalue weighted by Crippen LogP contribution is 2.17. The van der Waals surface area contributed by atoms with E-state index in [-0.39, 0.29) is 5.91 Å². The van der Waals surface area contributed by atoms with E-state index in [0.29, 0.717) is 6.04 Å². The first kappa shape index (κ1) is 13.2. The second-order valence-electron chi connectivity index (χ2n) is 5.41. The number of rotatable bonds is 4. The highest BCUT2D eigenvalue weighted by Gasteiger charge is 2.23. The fourth-order valence-electron chi connectivity index (χ4n) is 3.05. The van der Waals surface area contributed by atoms with E-state index in [2.05, 4.69) is 22.1 Å². The first-order valence-electron chi connectivity index (χ1n) is 7.37. The van der Waals surface area contributed by atoms with Crippen molar-refractivity contribution in [2.75, 3.05) is 19.6 Å². The smallest absolute Gasteiger partial charge is 0.251 e.